The molecular weight excluding hydrogens is 317 g/mol. The Morgan fingerprint density at radius 3 is 2.67 bits per heavy atom. The number of benzene rings is 2. The number of hydrogen-bond donors (Lipinski definition) is 2. The smallest absolute Gasteiger partial charge is 0.360 e. The summed E-state index contributed by atoms with van der Waals surface area (Å²) in [7, 11) is 0. The highest BCUT2D eigenvalue weighted by Crippen LogP contribution is 2.30. The summed E-state index contributed by atoms with van der Waals surface area (Å²) in [5.74, 6) is 0.346. The minimum Gasteiger partial charge on any atom is -0.360 e. The van der Waals surface area contributed by atoms with Gasteiger partial charge in [0.1, 0.15) is 11.6 Å². The van der Waals surface area contributed by atoms with E-state index in [-0.39, 0.29) is 11.3 Å². The molecule has 0 saturated heterocycles. The van der Waals surface area contributed by atoms with Crippen LogP contribution in [0.3, 0.4) is 0 Å². The topological polar surface area (TPSA) is 64.5 Å². The number of aromatic nitrogens is 2. The molecule has 2 aromatic carbocycles. The second kappa shape index (κ2) is 6.08. The Bertz CT molecular complexity index is 915. The van der Waals surface area contributed by atoms with Crippen LogP contribution in [0.1, 0.15) is 11.4 Å². The number of aromatic amines is 1. The van der Waals surface area contributed by atoms with Crippen molar-refractivity contribution in [1.29, 1.82) is 5.26 Å². The van der Waals surface area contributed by atoms with E-state index in [0.717, 1.165) is 17.6 Å². The molecule has 0 aliphatic carbocycles. The summed E-state index contributed by atoms with van der Waals surface area (Å²) in [5, 5.41) is 12.0. The first-order valence-electron chi connectivity index (χ1n) is 6.96. The Morgan fingerprint density at radius 2 is 1.96 bits per heavy atom. The number of nitrogens with zero attached hydrogens (tertiary/aromatic N) is 2. The maximum atomic E-state index is 12.7. The number of imidazole rings is 1. The maximum absolute atomic E-state index is 12.7. The SMILES string of the molecule is N#C/C(=C\Nc1cccc(C(F)(F)F)c1)c1nc2ccccc2[nH]1. The molecule has 7 heteroatoms. The summed E-state index contributed by atoms with van der Waals surface area (Å²) in [6.07, 6.45) is -3.09. The zero-order valence-electron chi connectivity index (χ0n) is 12.2. The molecule has 3 rings (SSSR count). The van der Waals surface area contributed by atoms with Crippen LogP contribution in [-0.2, 0) is 6.18 Å². The Labute approximate surface area is 135 Å². The summed E-state index contributed by atoms with van der Waals surface area (Å²) in [6.45, 7) is 0. The zero-order chi connectivity index (χ0) is 17.2. The van der Waals surface area contributed by atoms with Crippen molar-refractivity contribution >= 4 is 22.3 Å². The molecule has 1 aromatic heterocycles. The number of allylic oxidation sites excluding steroid dienone is 1. The van der Waals surface area contributed by atoms with Gasteiger partial charge in [0.05, 0.1) is 16.6 Å². The molecule has 120 valence electrons. The molecule has 24 heavy (non-hydrogen) atoms. The van der Waals surface area contributed by atoms with Gasteiger partial charge in [-0.3, -0.25) is 0 Å². The van der Waals surface area contributed by atoms with Gasteiger partial charge in [-0.1, -0.05) is 18.2 Å². The van der Waals surface area contributed by atoms with Gasteiger partial charge in [0.2, 0.25) is 0 Å². The van der Waals surface area contributed by atoms with Crippen molar-refractivity contribution in [1.82, 2.24) is 9.97 Å². The van der Waals surface area contributed by atoms with E-state index in [1.807, 2.05) is 24.3 Å². The number of para-hydroxylation sites is 2. The molecule has 3 aromatic rings. The molecule has 0 amide bonds. The minimum atomic E-state index is -4.42. The van der Waals surface area contributed by atoms with Crippen molar-refractivity contribution in [2.24, 2.45) is 0 Å². The monoisotopic (exact) mass is 328 g/mol. The third-order valence-electron chi connectivity index (χ3n) is 3.34. The number of nitriles is 1. The molecule has 0 aliphatic heterocycles. The minimum absolute atomic E-state index is 0.184. The highest BCUT2D eigenvalue weighted by Gasteiger charge is 2.30. The summed E-state index contributed by atoms with van der Waals surface area (Å²) < 4.78 is 38.1. The fraction of sp³-hybridized carbons (Fsp3) is 0.0588. The zero-order valence-corrected chi connectivity index (χ0v) is 12.2. The van der Waals surface area contributed by atoms with Crippen molar-refractivity contribution in [3.8, 4) is 6.07 Å². The molecule has 4 nitrogen and oxygen atoms in total. The molecule has 0 aliphatic rings. The van der Waals surface area contributed by atoms with Crippen molar-refractivity contribution in [2.75, 3.05) is 5.32 Å². The normalized spacial score (nSPS) is 12.2. The van der Waals surface area contributed by atoms with Crippen LogP contribution in [0.25, 0.3) is 16.6 Å². The Morgan fingerprint density at radius 1 is 1.17 bits per heavy atom. The maximum Gasteiger partial charge on any atom is 0.416 e. The molecule has 0 spiro atoms. The average Bonchev–Trinajstić information content (AvgIpc) is 2.99. The molecule has 0 fully saturated rings. The third kappa shape index (κ3) is 3.22. The Balaban J connectivity index is 1.88. The highest BCUT2D eigenvalue weighted by molar-refractivity contribution is 5.82. The molecule has 2 N–H and O–H groups in total. The number of fused-ring (bicyclic) bond motifs is 1. The average molecular weight is 328 g/mol. The fourth-order valence-electron chi connectivity index (χ4n) is 2.17. The number of H-pyrrole nitrogens is 1. The van der Waals surface area contributed by atoms with Crippen molar-refractivity contribution in [3.05, 3.63) is 66.1 Å². The second-order valence-electron chi connectivity index (χ2n) is 5.00. The van der Waals surface area contributed by atoms with Crippen molar-refractivity contribution in [3.63, 3.8) is 0 Å². The van der Waals surface area contributed by atoms with E-state index in [4.69, 9.17) is 0 Å². The van der Waals surface area contributed by atoms with E-state index in [2.05, 4.69) is 15.3 Å². The number of halogens is 3. The van der Waals surface area contributed by atoms with Crippen LogP contribution in [-0.4, -0.2) is 9.97 Å². The van der Waals surface area contributed by atoms with Crippen molar-refractivity contribution < 1.29 is 13.2 Å². The number of nitrogens with one attached hydrogen (secondary N) is 2. The lowest BCUT2D eigenvalue weighted by molar-refractivity contribution is -0.137. The van der Waals surface area contributed by atoms with Crippen LogP contribution in [0, 0.1) is 11.3 Å². The summed E-state index contributed by atoms with van der Waals surface area (Å²) >= 11 is 0. The quantitative estimate of drug-likeness (QED) is 0.693. The van der Waals surface area contributed by atoms with Gasteiger partial charge in [-0.25, -0.2) is 4.98 Å². The Kier molecular flexibility index (Phi) is 3.96. The first-order valence-corrected chi connectivity index (χ1v) is 6.96. The van der Waals surface area contributed by atoms with Gasteiger partial charge in [0, 0.05) is 11.9 Å². The predicted molar refractivity (Wildman–Crippen MR) is 84.8 cm³/mol. The first kappa shape index (κ1) is 15.6. The van der Waals surface area contributed by atoms with Gasteiger partial charge in [0.25, 0.3) is 0 Å². The number of rotatable bonds is 3. The van der Waals surface area contributed by atoms with Crippen LogP contribution in [0.4, 0.5) is 18.9 Å². The van der Waals surface area contributed by atoms with E-state index in [9.17, 15) is 18.4 Å². The molecule has 0 unspecified atom stereocenters. The van der Waals surface area contributed by atoms with E-state index >= 15 is 0 Å². The highest BCUT2D eigenvalue weighted by atomic mass is 19.4. The van der Waals surface area contributed by atoms with Gasteiger partial charge < -0.3 is 10.3 Å². The van der Waals surface area contributed by atoms with Gasteiger partial charge >= 0.3 is 6.18 Å². The molecular formula is C17H11F3N4. The van der Waals surface area contributed by atoms with Crippen LogP contribution < -0.4 is 5.32 Å². The van der Waals surface area contributed by atoms with Gasteiger partial charge in [-0.05, 0) is 30.3 Å². The van der Waals surface area contributed by atoms with Crippen LogP contribution in [0.5, 0.6) is 0 Å². The molecule has 1 heterocycles. The summed E-state index contributed by atoms with van der Waals surface area (Å²) in [6, 6.07) is 14.0. The van der Waals surface area contributed by atoms with Crippen LogP contribution in [0.15, 0.2) is 54.7 Å². The Hall–Kier alpha value is -3.27. The van der Waals surface area contributed by atoms with E-state index in [0.29, 0.717) is 11.3 Å². The lowest BCUT2D eigenvalue weighted by atomic mass is 10.2. The lowest BCUT2D eigenvalue weighted by Gasteiger charge is -2.08. The molecule has 0 radical (unpaired) electrons. The third-order valence-corrected chi connectivity index (χ3v) is 3.34. The van der Waals surface area contributed by atoms with E-state index in [1.165, 1.54) is 18.3 Å². The molecule has 0 bridgehead atoms. The van der Waals surface area contributed by atoms with Crippen molar-refractivity contribution in [2.45, 2.75) is 6.18 Å². The standard InChI is InChI=1S/C17H11F3N4/c18-17(19,20)12-4-3-5-13(8-12)22-10-11(9-21)16-23-14-6-1-2-7-15(14)24-16/h1-8,10,22H,(H,23,24)/b11-10+. The second-order valence-corrected chi connectivity index (χ2v) is 5.00. The first-order chi connectivity index (χ1) is 11.5. The number of hydrogen-bond acceptors (Lipinski definition) is 3. The summed E-state index contributed by atoms with van der Waals surface area (Å²) in [4.78, 5) is 7.28. The lowest BCUT2D eigenvalue weighted by Crippen LogP contribution is -2.05. The van der Waals surface area contributed by atoms with E-state index in [1.54, 1.807) is 6.07 Å². The largest absolute Gasteiger partial charge is 0.416 e. The van der Waals surface area contributed by atoms with Gasteiger partial charge in [-0.2, -0.15) is 18.4 Å². The number of anilines is 1. The van der Waals surface area contributed by atoms with Gasteiger partial charge in [0.15, 0.2) is 5.82 Å². The number of alkyl halides is 3. The van der Waals surface area contributed by atoms with Crippen LogP contribution >= 0.6 is 0 Å². The fourth-order valence-corrected chi connectivity index (χ4v) is 2.17. The summed E-state index contributed by atoms with van der Waals surface area (Å²) in [5.41, 5.74) is 1.13. The van der Waals surface area contributed by atoms with E-state index < -0.39 is 11.7 Å². The predicted octanol–water partition coefficient (Wildman–Crippen LogP) is 4.56. The van der Waals surface area contributed by atoms with Crippen LogP contribution in [0.2, 0.25) is 0 Å². The molecule has 0 atom stereocenters. The molecule has 0 saturated carbocycles. The van der Waals surface area contributed by atoms with Gasteiger partial charge in [-0.15, -0.1) is 0 Å².